The Kier molecular flexibility index (Phi) is 8.55. The van der Waals surface area contributed by atoms with E-state index in [4.69, 9.17) is 0 Å². The highest BCUT2D eigenvalue weighted by atomic mass is 15.2. The van der Waals surface area contributed by atoms with Crippen molar-refractivity contribution >= 4 is 28.1 Å². The lowest BCUT2D eigenvalue weighted by Crippen LogP contribution is -2.25. The molecular weight excluding hydrogens is 555 g/mol. The fraction of sp³-hybridized carbons (Fsp3) is 0.289. The average Bonchev–Trinajstić information content (AvgIpc) is 3.30. The van der Waals surface area contributed by atoms with Gasteiger partial charge in [0, 0.05) is 28.3 Å². The van der Waals surface area contributed by atoms with Crippen LogP contribution in [-0.2, 0) is 11.8 Å². The Morgan fingerprint density at radius 1 is 0.826 bits per heavy atom. The van der Waals surface area contributed by atoms with Crippen LogP contribution in [0.4, 0.5) is 11.4 Å². The SMILES string of the molecule is C=C(CC)c1ccc2c(c1CC)-c1ccc(N3C(C)=C4C(=CC(c5ccccc5)=CC4C)c4ccccc43)cc1C2(C)C.CCC. The van der Waals surface area contributed by atoms with E-state index in [1.165, 1.54) is 90.3 Å². The Morgan fingerprint density at radius 2 is 1.52 bits per heavy atom. The van der Waals surface area contributed by atoms with Crippen molar-refractivity contribution in [3.63, 3.8) is 0 Å². The molecule has 0 N–H and O–H groups in total. The smallest absolute Gasteiger partial charge is 0.0536 e. The maximum Gasteiger partial charge on any atom is 0.0536 e. The molecule has 7 rings (SSSR count). The van der Waals surface area contributed by atoms with Crippen LogP contribution in [0.25, 0.3) is 27.8 Å². The Bertz CT molecular complexity index is 1910. The van der Waals surface area contributed by atoms with Crippen LogP contribution in [0, 0.1) is 5.92 Å². The number of hydrogen-bond acceptors (Lipinski definition) is 1. The van der Waals surface area contributed by atoms with E-state index in [1.54, 1.807) is 0 Å². The van der Waals surface area contributed by atoms with Gasteiger partial charge in [-0.2, -0.15) is 0 Å². The fourth-order valence-corrected chi connectivity index (χ4v) is 7.88. The highest BCUT2D eigenvalue weighted by Gasteiger charge is 2.39. The molecular formula is C45H49N. The molecule has 1 atom stereocenters. The van der Waals surface area contributed by atoms with Gasteiger partial charge >= 0.3 is 0 Å². The molecule has 1 nitrogen and oxygen atoms in total. The molecule has 0 amide bonds. The van der Waals surface area contributed by atoms with Crippen LogP contribution < -0.4 is 4.90 Å². The molecule has 0 fully saturated rings. The number of nitrogens with zero attached hydrogens (tertiary/aromatic N) is 1. The lowest BCUT2D eigenvalue weighted by atomic mass is 9.77. The average molecular weight is 604 g/mol. The molecule has 0 bridgehead atoms. The van der Waals surface area contributed by atoms with Crippen molar-refractivity contribution in [2.75, 3.05) is 4.90 Å². The molecule has 3 aliphatic rings. The zero-order valence-corrected chi connectivity index (χ0v) is 29.1. The molecule has 46 heavy (non-hydrogen) atoms. The van der Waals surface area contributed by atoms with Crippen molar-refractivity contribution in [2.45, 2.75) is 80.1 Å². The summed E-state index contributed by atoms with van der Waals surface area (Å²) in [5.74, 6) is 0.304. The standard InChI is InChI=1S/C42H41N.C3H8/c1-8-26(3)33-21-22-37-41(32(33)9-2)35-20-19-31(25-38(35)42(37,6)7)43-28(5)40-27(4)23-30(29-15-11-10-12-16-29)24-36(40)34-17-13-14-18-39(34)43;1-3-2/h10-25,27H,3,8-9H2,1-2,4-7H3;3H2,1-2H3. The van der Waals surface area contributed by atoms with E-state index in [0.717, 1.165) is 12.8 Å². The first-order valence-electron chi connectivity index (χ1n) is 17.3. The van der Waals surface area contributed by atoms with E-state index in [2.05, 4.69) is 164 Å². The summed E-state index contributed by atoms with van der Waals surface area (Å²) in [5, 5.41) is 0. The number of allylic oxidation sites excluding steroid dienone is 7. The van der Waals surface area contributed by atoms with Gasteiger partial charge in [-0.15, -0.1) is 0 Å². The minimum absolute atomic E-state index is 0.0798. The third kappa shape index (κ3) is 5.01. The minimum atomic E-state index is -0.0798. The lowest BCUT2D eigenvalue weighted by molar-refractivity contribution is 0.659. The molecule has 0 saturated heterocycles. The van der Waals surface area contributed by atoms with E-state index >= 15 is 0 Å². The fourth-order valence-electron chi connectivity index (χ4n) is 7.88. The lowest BCUT2D eigenvalue weighted by Gasteiger charge is -2.39. The molecule has 0 spiro atoms. The van der Waals surface area contributed by atoms with E-state index in [-0.39, 0.29) is 5.41 Å². The zero-order chi connectivity index (χ0) is 32.7. The van der Waals surface area contributed by atoms with Crippen LogP contribution in [0.15, 0.2) is 115 Å². The van der Waals surface area contributed by atoms with Crippen molar-refractivity contribution in [3.8, 4) is 11.1 Å². The second-order valence-corrected chi connectivity index (χ2v) is 13.6. The van der Waals surface area contributed by atoms with Gasteiger partial charge in [0.05, 0.1) is 5.69 Å². The van der Waals surface area contributed by atoms with E-state index in [9.17, 15) is 0 Å². The maximum atomic E-state index is 4.42. The summed E-state index contributed by atoms with van der Waals surface area (Å²) in [6.07, 6.45) is 8.06. The predicted octanol–water partition coefficient (Wildman–Crippen LogP) is 12.9. The second kappa shape index (κ2) is 12.4. The van der Waals surface area contributed by atoms with Gasteiger partial charge in [-0.05, 0) is 105 Å². The molecule has 4 aromatic rings. The summed E-state index contributed by atoms with van der Waals surface area (Å²) in [5.41, 5.74) is 20.0. The summed E-state index contributed by atoms with van der Waals surface area (Å²) in [7, 11) is 0. The van der Waals surface area contributed by atoms with Crippen molar-refractivity contribution in [3.05, 3.63) is 148 Å². The molecule has 2 aliphatic carbocycles. The first-order valence-corrected chi connectivity index (χ1v) is 17.3. The normalized spacial score (nSPS) is 17.1. The van der Waals surface area contributed by atoms with Crippen LogP contribution in [0.2, 0.25) is 0 Å². The van der Waals surface area contributed by atoms with E-state index in [1.807, 2.05) is 0 Å². The summed E-state index contributed by atoms with van der Waals surface area (Å²) >= 11 is 0. The van der Waals surface area contributed by atoms with Crippen LogP contribution in [0.5, 0.6) is 0 Å². The van der Waals surface area contributed by atoms with Crippen LogP contribution in [0.1, 0.15) is 102 Å². The predicted molar refractivity (Wildman–Crippen MR) is 202 cm³/mol. The highest BCUT2D eigenvalue weighted by molar-refractivity contribution is 6.01. The second-order valence-electron chi connectivity index (χ2n) is 13.6. The summed E-state index contributed by atoms with van der Waals surface area (Å²) < 4.78 is 0. The highest BCUT2D eigenvalue weighted by Crippen LogP contribution is 2.54. The molecule has 4 aromatic carbocycles. The molecule has 0 radical (unpaired) electrons. The first-order chi connectivity index (χ1) is 22.2. The van der Waals surface area contributed by atoms with Crippen LogP contribution >= 0.6 is 0 Å². The Hall–Kier alpha value is -4.36. The molecule has 0 aromatic heterocycles. The van der Waals surface area contributed by atoms with Gasteiger partial charge in [0.25, 0.3) is 0 Å². The Labute approximate surface area is 277 Å². The van der Waals surface area contributed by atoms with Gasteiger partial charge in [0.15, 0.2) is 0 Å². The van der Waals surface area contributed by atoms with Crippen molar-refractivity contribution < 1.29 is 0 Å². The minimum Gasteiger partial charge on any atom is -0.314 e. The van der Waals surface area contributed by atoms with Crippen LogP contribution in [-0.4, -0.2) is 0 Å². The molecule has 1 heteroatoms. The molecule has 1 unspecified atom stereocenters. The van der Waals surface area contributed by atoms with Crippen molar-refractivity contribution in [1.82, 2.24) is 0 Å². The van der Waals surface area contributed by atoms with Gasteiger partial charge in [-0.3, -0.25) is 0 Å². The molecule has 0 saturated carbocycles. The topological polar surface area (TPSA) is 3.24 Å². The third-order valence-electron chi connectivity index (χ3n) is 10.1. The van der Waals surface area contributed by atoms with E-state index in [0.29, 0.717) is 5.92 Å². The number of rotatable bonds is 5. The Balaban J connectivity index is 0.00000119. The number of hydrogen-bond donors (Lipinski definition) is 0. The van der Waals surface area contributed by atoms with Gasteiger partial charge in [-0.25, -0.2) is 0 Å². The van der Waals surface area contributed by atoms with Crippen LogP contribution in [0.3, 0.4) is 0 Å². The molecule has 1 heterocycles. The largest absolute Gasteiger partial charge is 0.314 e. The molecule has 1 aliphatic heterocycles. The van der Waals surface area contributed by atoms with Gasteiger partial charge in [-0.1, -0.05) is 134 Å². The van der Waals surface area contributed by atoms with Gasteiger partial charge in [0.1, 0.15) is 0 Å². The number of fused-ring (bicyclic) bond motifs is 6. The number of anilines is 2. The monoisotopic (exact) mass is 603 g/mol. The Morgan fingerprint density at radius 3 is 2.22 bits per heavy atom. The zero-order valence-electron chi connectivity index (χ0n) is 29.1. The summed E-state index contributed by atoms with van der Waals surface area (Å²) in [4.78, 5) is 2.50. The van der Waals surface area contributed by atoms with Gasteiger partial charge in [0.2, 0.25) is 0 Å². The number of para-hydroxylation sites is 1. The third-order valence-corrected chi connectivity index (χ3v) is 10.1. The van der Waals surface area contributed by atoms with Crippen molar-refractivity contribution in [2.24, 2.45) is 5.92 Å². The van der Waals surface area contributed by atoms with Crippen molar-refractivity contribution in [1.29, 1.82) is 0 Å². The first kappa shape index (κ1) is 31.6. The maximum absolute atomic E-state index is 4.42. The van der Waals surface area contributed by atoms with E-state index < -0.39 is 0 Å². The quantitative estimate of drug-likeness (QED) is 0.219. The van der Waals surface area contributed by atoms with Gasteiger partial charge < -0.3 is 4.90 Å². The summed E-state index contributed by atoms with van der Waals surface area (Å²) in [6.45, 7) is 22.6. The number of benzene rings is 4. The summed E-state index contributed by atoms with van der Waals surface area (Å²) in [6, 6.07) is 31.6. The molecule has 234 valence electrons.